The third-order valence-corrected chi connectivity index (χ3v) is 4.12. The molecule has 164 valence electrons. The molecule has 0 aliphatic heterocycles. The summed E-state index contributed by atoms with van der Waals surface area (Å²) in [6.45, 7) is 2.16. The van der Waals surface area contributed by atoms with Crippen LogP contribution in [0.2, 0.25) is 0 Å². The van der Waals surface area contributed by atoms with Crippen molar-refractivity contribution in [2.24, 2.45) is 0 Å². The predicted molar refractivity (Wildman–Crippen MR) is 109 cm³/mol. The minimum atomic E-state index is -4.53. The van der Waals surface area contributed by atoms with Gasteiger partial charge < -0.3 is 25.4 Å². The van der Waals surface area contributed by atoms with Gasteiger partial charge in [-0.05, 0) is 43.6 Å². The Morgan fingerprint density at radius 2 is 2.00 bits per heavy atom. The summed E-state index contributed by atoms with van der Waals surface area (Å²) in [6.07, 6.45) is -1.56. The maximum absolute atomic E-state index is 12.3. The Hall–Kier alpha value is -3.25. The zero-order valence-corrected chi connectivity index (χ0v) is 16.6. The standard InChI is InChI=1S/C19H20BF3N4O4/c1-11(2)31-15-6-12(5-14(8-15)26-18(28)25-10-19(21,22)23)16-9-24-17-7-13(20(29)30)3-4-27(16)17/h3-9,11,29-30H,10H2,1-2H3,(H2,25,26,28). The van der Waals surface area contributed by atoms with Crippen molar-refractivity contribution in [3.63, 3.8) is 0 Å². The molecule has 31 heavy (non-hydrogen) atoms. The molecule has 0 fully saturated rings. The second-order valence-corrected chi connectivity index (χ2v) is 7.04. The number of carbonyl (C=O) groups is 1. The molecule has 4 N–H and O–H groups in total. The van der Waals surface area contributed by atoms with Crippen molar-refractivity contribution in [2.45, 2.75) is 26.1 Å². The summed E-state index contributed by atoms with van der Waals surface area (Å²) >= 11 is 0. The van der Waals surface area contributed by atoms with Gasteiger partial charge in [-0.15, -0.1) is 0 Å². The van der Waals surface area contributed by atoms with Gasteiger partial charge in [0.05, 0.1) is 18.0 Å². The number of aromatic nitrogens is 2. The van der Waals surface area contributed by atoms with Crippen LogP contribution in [0.5, 0.6) is 5.75 Å². The Morgan fingerprint density at radius 1 is 1.26 bits per heavy atom. The molecule has 0 spiro atoms. The van der Waals surface area contributed by atoms with Gasteiger partial charge in [0.25, 0.3) is 0 Å². The Kier molecular flexibility index (Phi) is 6.41. The number of pyridine rings is 1. The lowest BCUT2D eigenvalue weighted by Gasteiger charge is -2.15. The number of alkyl halides is 3. The molecule has 0 atom stereocenters. The number of fused-ring (bicyclic) bond motifs is 1. The summed E-state index contributed by atoms with van der Waals surface area (Å²) in [4.78, 5) is 16.1. The summed E-state index contributed by atoms with van der Waals surface area (Å²) in [5.41, 5.74) is 2.12. The number of amides is 2. The number of hydrogen-bond acceptors (Lipinski definition) is 5. The first-order valence-corrected chi connectivity index (χ1v) is 9.29. The Balaban J connectivity index is 1.95. The van der Waals surface area contributed by atoms with Crippen molar-refractivity contribution in [1.29, 1.82) is 0 Å². The maximum atomic E-state index is 12.3. The lowest BCUT2D eigenvalue weighted by atomic mass is 9.81. The second kappa shape index (κ2) is 8.86. The summed E-state index contributed by atoms with van der Waals surface area (Å²) in [6, 6.07) is 6.79. The summed E-state index contributed by atoms with van der Waals surface area (Å²) in [5.74, 6) is 0.399. The van der Waals surface area contributed by atoms with Crippen LogP contribution in [-0.2, 0) is 0 Å². The minimum Gasteiger partial charge on any atom is -0.491 e. The number of ether oxygens (including phenoxy) is 1. The van der Waals surface area contributed by atoms with Gasteiger partial charge >= 0.3 is 19.3 Å². The summed E-state index contributed by atoms with van der Waals surface area (Å²) < 4.78 is 44.4. The van der Waals surface area contributed by atoms with Crippen LogP contribution in [0.15, 0.2) is 42.7 Å². The average molecular weight is 436 g/mol. The fourth-order valence-corrected chi connectivity index (χ4v) is 2.89. The van der Waals surface area contributed by atoms with E-state index in [1.807, 2.05) is 13.8 Å². The molecule has 8 nitrogen and oxygen atoms in total. The van der Waals surface area contributed by atoms with Gasteiger partial charge in [0.15, 0.2) is 0 Å². The lowest BCUT2D eigenvalue weighted by molar-refractivity contribution is -0.122. The number of hydrogen-bond donors (Lipinski definition) is 4. The fourth-order valence-electron chi connectivity index (χ4n) is 2.89. The smallest absolute Gasteiger partial charge is 0.488 e. The Bertz CT molecular complexity index is 1090. The van der Waals surface area contributed by atoms with Gasteiger partial charge in [0.1, 0.15) is 17.9 Å². The molecular weight excluding hydrogens is 416 g/mol. The molecule has 3 aromatic rings. The molecule has 2 heterocycles. The van der Waals surface area contributed by atoms with E-state index in [0.717, 1.165) is 0 Å². The number of nitrogens with zero attached hydrogens (tertiary/aromatic N) is 2. The molecule has 0 unspecified atom stereocenters. The number of rotatable bonds is 6. The van der Waals surface area contributed by atoms with Gasteiger partial charge in [-0.3, -0.25) is 4.40 Å². The molecule has 1 aromatic carbocycles. The normalized spacial score (nSPS) is 11.6. The van der Waals surface area contributed by atoms with E-state index in [0.29, 0.717) is 22.7 Å². The van der Waals surface area contributed by atoms with Gasteiger partial charge in [0, 0.05) is 23.5 Å². The second-order valence-electron chi connectivity index (χ2n) is 7.04. The molecule has 3 rings (SSSR count). The highest BCUT2D eigenvalue weighted by Crippen LogP contribution is 2.30. The SMILES string of the molecule is CC(C)Oc1cc(NC(=O)NCC(F)(F)F)cc(-c2cnc3cc(B(O)O)ccn23)c1. The molecule has 12 heteroatoms. The van der Waals surface area contributed by atoms with Crippen molar-refractivity contribution in [1.82, 2.24) is 14.7 Å². The van der Waals surface area contributed by atoms with Crippen molar-refractivity contribution in [3.8, 4) is 17.0 Å². The van der Waals surface area contributed by atoms with E-state index < -0.39 is 25.9 Å². The molecular formula is C19H20BF3N4O4. The summed E-state index contributed by atoms with van der Waals surface area (Å²) in [5, 5.41) is 22.8. The third-order valence-electron chi connectivity index (χ3n) is 4.12. The lowest BCUT2D eigenvalue weighted by Crippen LogP contribution is -2.36. The van der Waals surface area contributed by atoms with E-state index in [-0.39, 0.29) is 17.3 Å². The number of carbonyl (C=O) groups excluding carboxylic acids is 1. The van der Waals surface area contributed by atoms with Crippen molar-refractivity contribution >= 4 is 29.9 Å². The van der Waals surface area contributed by atoms with E-state index >= 15 is 0 Å². The van der Waals surface area contributed by atoms with Crippen LogP contribution in [0.4, 0.5) is 23.7 Å². The van der Waals surface area contributed by atoms with E-state index in [9.17, 15) is 28.0 Å². The quantitative estimate of drug-likeness (QED) is 0.443. The van der Waals surface area contributed by atoms with Crippen LogP contribution < -0.4 is 20.8 Å². The first-order chi connectivity index (χ1) is 14.5. The predicted octanol–water partition coefficient (Wildman–Crippen LogP) is 2.15. The largest absolute Gasteiger partial charge is 0.491 e. The number of nitrogens with one attached hydrogen (secondary N) is 2. The number of benzene rings is 1. The zero-order chi connectivity index (χ0) is 22.8. The first-order valence-electron chi connectivity index (χ1n) is 9.29. The van der Waals surface area contributed by atoms with Crippen LogP contribution in [-0.4, -0.2) is 51.4 Å². The number of anilines is 1. The number of halogens is 3. The molecule has 0 aliphatic rings. The van der Waals surface area contributed by atoms with Gasteiger partial charge in [0.2, 0.25) is 0 Å². The highest BCUT2D eigenvalue weighted by molar-refractivity contribution is 6.58. The first kappa shape index (κ1) is 22.4. The monoisotopic (exact) mass is 436 g/mol. The third kappa shape index (κ3) is 5.89. The topological polar surface area (TPSA) is 108 Å². The number of imidazole rings is 1. The van der Waals surface area contributed by atoms with Gasteiger partial charge in [-0.1, -0.05) is 0 Å². The average Bonchev–Trinajstić information content (AvgIpc) is 3.08. The van der Waals surface area contributed by atoms with Crippen molar-refractivity contribution in [3.05, 3.63) is 42.7 Å². The molecule has 0 aliphatic carbocycles. The highest BCUT2D eigenvalue weighted by Gasteiger charge is 2.27. The highest BCUT2D eigenvalue weighted by atomic mass is 19.4. The van der Waals surface area contributed by atoms with E-state index in [4.69, 9.17) is 4.74 Å². The molecule has 2 amide bonds. The van der Waals surface area contributed by atoms with Crippen LogP contribution in [0, 0.1) is 0 Å². The van der Waals surface area contributed by atoms with E-state index in [1.54, 1.807) is 34.2 Å². The summed E-state index contributed by atoms with van der Waals surface area (Å²) in [7, 11) is -1.64. The fraction of sp³-hybridized carbons (Fsp3) is 0.263. The zero-order valence-electron chi connectivity index (χ0n) is 16.6. The van der Waals surface area contributed by atoms with E-state index in [1.165, 1.54) is 18.2 Å². The molecule has 0 saturated carbocycles. The Labute approximate surface area is 175 Å². The van der Waals surface area contributed by atoms with E-state index in [2.05, 4.69) is 10.3 Å². The minimum absolute atomic E-state index is 0.182. The van der Waals surface area contributed by atoms with Crippen LogP contribution in [0.25, 0.3) is 16.9 Å². The molecule has 0 radical (unpaired) electrons. The molecule has 0 bridgehead atoms. The van der Waals surface area contributed by atoms with Crippen LogP contribution >= 0.6 is 0 Å². The van der Waals surface area contributed by atoms with Crippen molar-refractivity contribution < 1.29 is 32.8 Å². The molecule has 0 saturated heterocycles. The van der Waals surface area contributed by atoms with Crippen LogP contribution in [0.1, 0.15) is 13.8 Å². The maximum Gasteiger partial charge on any atom is 0.488 e. The Morgan fingerprint density at radius 3 is 2.65 bits per heavy atom. The molecule has 2 aromatic heterocycles. The van der Waals surface area contributed by atoms with Crippen LogP contribution in [0.3, 0.4) is 0 Å². The number of urea groups is 1. The van der Waals surface area contributed by atoms with Gasteiger partial charge in [-0.2, -0.15) is 13.2 Å². The van der Waals surface area contributed by atoms with Crippen molar-refractivity contribution in [2.75, 3.05) is 11.9 Å². The van der Waals surface area contributed by atoms with Gasteiger partial charge in [-0.25, -0.2) is 9.78 Å².